The number of aromatic nitrogens is 2. The standard InChI is InChI=1S/C25H31Cl2N3O2Si/c1-18(31)21-22(26)29-24(27)30-23(21)28-16-11-17-32-33(25(2,3)4,19-12-7-5-8-13-19)20-14-9-6-10-15-20/h5-10,12-15,18,31H,11,16-17H2,1-4H3,(H,28,29,30). The lowest BCUT2D eigenvalue weighted by molar-refractivity contribution is 0.199. The molecule has 1 aromatic heterocycles. The number of hydrogen-bond acceptors (Lipinski definition) is 5. The molecule has 1 atom stereocenters. The molecule has 0 aliphatic carbocycles. The summed E-state index contributed by atoms with van der Waals surface area (Å²) in [6.45, 7) is 9.56. The predicted octanol–water partition coefficient (Wildman–Crippen LogP) is 5.22. The third-order valence-electron chi connectivity index (χ3n) is 5.64. The average molecular weight is 505 g/mol. The fourth-order valence-electron chi connectivity index (χ4n) is 4.19. The van der Waals surface area contributed by atoms with Gasteiger partial charge in [0.2, 0.25) is 5.28 Å². The number of anilines is 1. The first-order valence-corrected chi connectivity index (χ1v) is 13.7. The van der Waals surface area contributed by atoms with Gasteiger partial charge >= 0.3 is 0 Å². The van der Waals surface area contributed by atoms with Crippen molar-refractivity contribution in [2.24, 2.45) is 0 Å². The Morgan fingerprint density at radius 1 is 0.970 bits per heavy atom. The van der Waals surface area contributed by atoms with Crippen LogP contribution >= 0.6 is 23.2 Å². The summed E-state index contributed by atoms with van der Waals surface area (Å²) >= 11 is 12.1. The maximum atomic E-state index is 10.1. The number of aliphatic hydroxyl groups is 1. The van der Waals surface area contributed by atoms with Crippen molar-refractivity contribution in [1.82, 2.24) is 9.97 Å². The maximum Gasteiger partial charge on any atom is 0.261 e. The molecule has 33 heavy (non-hydrogen) atoms. The molecule has 5 nitrogen and oxygen atoms in total. The molecule has 0 aliphatic rings. The Hall–Kier alpha value is -1.96. The van der Waals surface area contributed by atoms with Crippen molar-refractivity contribution >= 4 is 47.7 Å². The number of halogens is 2. The number of aliphatic hydroxyl groups excluding tert-OH is 1. The quantitative estimate of drug-likeness (QED) is 0.181. The van der Waals surface area contributed by atoms with Crippen LogP contribution in [0.3, 0.4) is 0 Å². The van der Waals surface area contributed by atoms with Crippen molar-refractivity contribution in [3.8, 4) is 0 Å². The fraction of sp³-hybridized carbons (Fsp3) is 0.360. The second-order valence-corrected chi connectivity index (χ2v) is 14.0. The van der Waals surface area contributed by atoms with Crippen LogP contribution in [0, 0.1) is 0 Å². The molecule has 0 saturated heterocycles. The number of rotatable bonds is 9. The highest BCUT2D eigenvalue weighted by Crippen LogP contribution is 2.36. The molecule has 0 aliphatic heterocycles. The van der Waals surface area contributed by atoms with E-state index in [1.165, 1.54) is 10.4 Å². The summed E-state index contributed by atoms with van der Waals surface area (Å²) in [7, 11) is -2.56. The van der Waals surface area contributed by atoms with Gasteiger partial charge in [0.25, 0.3) is 8.32 Å². The van der Waals surface area contributed by atoms with Gasteiger partial charge in [-0.2, -0.15) is 0 Å². The average Bonchev–Trinajstić information content (AvgIpc) is 2.76. The molecule has 0 amide bonds. The Morgan fingerprint density at radius 3 is 2.00 bits per heavy atom. The summed E-state index contributed by atoms with van der Waals surface area (Å²) in [4.78, 5) is 8.13. The minimum atomic E-state index is -2.56. The molecule has 176 valence electrons. The van der Waals surface area contributed by atoms with Crippen LogP contribution in [0.4, 0.5) is 5.82 Å². The molecule has 3 aromatic rings. The lowest BCUT2D eigenvalue weighted by Gasteiger charge is -2.43. The third-order valence-corrected chi connectivity index (χ3v) is 11.1. The molecule has 2 N–H and O–H groups in total. The van der Waals surface area contributed by atoms with Gasteiger partial charge in [0.05, 0.1) is 11.7 Å². The van der Waals surface area contributed by atoms with Crippen molar-refractivity contribution in [3.63, 3.8) is 0 Å². The summed E-state index contributed by atoms with van der Waals surface area (Å²) in [5.74, 6) is 0.445. The molecule has 0 fully saturated rings. The van der Waals surface area contributed by atoms with Gasteiger partial charge in [-0.1, -0.05) is 93.0 Å². The van der Waals surface area contributed by atoms with E-state index in [1.807, 2.05) is 12.1 Å². The molecule has 3 rings (SSSR count). The van der Waals surface area contributed by atoms with Crippen molar-refractivity contribution in [2.45, 2.75) is 45.3 Å². The molecule has 0 spiro atoms. The molecular weight excluding hydrogens is 473 g/mol. The Kier molecular flexibility index (Phi) is 8.53. The normalized spacial score (nSPS) is 13.1. The molecule has 0 saturated carbocycles. The van der Waals surface area contributed by atoms with Crippen LogP contribution in [0.2, 0.25) is 15.5 Å². The van der Waals surface area contributed by atoms with Crippen LogP contribution in [0.1, 0.15) is 45.8 Å². The predicted molar refractivity (Wildman–Crippen MR) is 139 cm³/mol. The Morgan fingerprint density at radius 2 is 1.52 bits per heavy atom. The molecule has 0 bridgehead atoms. The zero-order valence-corrected chi connectivity index (χ0v) is 22.0. The number of benzene rings is 2. The van der Waals surface area contributed by atoms with Crippen molar-refractivity contribution in [2.75, 3.05) is 18.5 Å². The van der Waals surface area contributed by atoms with E-state index < -0.39 is 14.4 Å². The third kappa shape index (κ3) is 5.76. The zero-order valence-electron chi connectivity index (χ0n) is 19.5. The minimum Gasteiger partial charge on any atom is -0.407 e. The van der Waals surface area contributed by atoms with Gasteiger partial charge < -0.3 is 14.8 Å². The van der Waals surface area contributed by atoms with Crippen molar-refractivity contribution in [3.05, 3.63) is 76.7 Å². The van der Waals surface area contributed by atoms with E-state index in [9.17, 15) is 5.11 Å². The second kappa shape index (κ2) is 11.0. The van der Waals surface area contributed by atoms with E-state index in [4.69, 9.17) is 27.6 Å². The van der Waals surface area contributed by atoms with Crippen LogP contribution in [0.5, 0.6) is 0 Å². The van der Waals surface area contributed by atoms with Gasteiger partial charge in [-0.15, -0.1) is 0 Å². The van der Waals surface area contributed by atoms with Gasteiger partial charge in [0.15, 0.2) is 0 Å². The zero-order chi connectivity index (χ0) is 24.1. The first-order chi connectivity index (χ1) is 15.7. The SMILES string of the molecule is CC(O)c1c(Cl)nc(Cl)nc1NCCCO[Si](c1ccccc1)(c1ccccc1)C(C)(C)C. The van der Waals surface area contributed by atoms with E-state index in [-0.39, 0.29) is 15.5 Å². The smallest absolute Gasteiger partial charge is 0.261 e. The Bertz CT molecular complexity index is 1010. The van der Waals surface area contributed by atoms with E-state index in [2.05, 4.69) is 84.6 Å². The Labute approximate surface area is 207 Å². The monoisotopic (exact) mass is 503 g/mol. The summed E-state index contributed by atoms with van der Waals surface area (Å²) in [5.41, 5.74) is 0.439. The lowest BCUT2D eigenvalue weighted by Crippen LogP contribution is -2.66. The first kappa shape index (κ1) is 25.7. The van der Waals surface area contributed by atoms with Crippen LogP contribution in [0.15, 0.2) is 60.7 Å². The van der Waals surface area contributed by atoms with Crippen LogP contribution in [0.25, 0.3) is 0 Å². The van der Waals surface area contributed by atoms with Gasteiger partial charge in [-0.25, -0.2) is 9.97 Å². The summed E-state index contributed by atoms with van der Waals surface area (Å²) in [6.07, 6.45) is -0.0752. The summed E-state index contributed by atoms with van der Waals surface area (Å²) in [6, 6.07) is 21.1. The minimum absolute atomic E-state index is 0.0375. The van der Waals surface area contributed by atoms with Crippen LogP contribution in [-0.2, 0) is 4.43 Å². The number of nitrogens with one attached hydrogen (secondary N) is 1. The highest BCUT2D eigenvalue weighted by atomic mass is 35.5. The molecule has 1 heterocycles. The number of hydrogen-bond donors (Lipinski definition) is 2. The molecule has 1 unspecified atom stereocenters. The first-order valence-electron chi connectivity index (χ1n) is 11.1. The van der Waals surface area contributed by atoms with E-state index in [0.29, 0.717) is 24.5 Å². The summed E-state index contributed by atoms with van der Waals surface area (Å²) < 4.78 is 6.89. The molecular formula is C25H31Cl2N3O2Si. The second-order valence-electron chi connectivity index (χ2n) is 9.01. The topological polar surface area (TPSA) is 67.3 Å². The fourth-order valence-corrected chi connectivity index (χ4v) is 9.33. The van der Waals surface area contributed by atoms with Crippen LogP contribution in [-0.4, -0.2) is 36.5 Å². The summed E-state index contributed by atoms with van der Waals surface area (Å²) in [5, 5.41) is 15.9. The largest absolute Gasteiger partial charge is 0.407 e. The van der Waals surface area contributed by atoms with Crippen LogP contribution < -0.4 is 15.7 Å². The molecule has 2 aromatic carbocycles. The highest BCUT2D eigenvalue weighted by molar-refractivity contribution is 6.99. The van der Waals surface area contributed by atoms with E-state index in [1.54, 1.807) is 6.92 Å². The lowest BCUT2D eigenvalue weighted by atomic mass is 10.2. The highest BCUT2D eigenvalue weighted by Gasteiger charge is 2.49. The number of nitrogens with zero attached hydrogens (tertiary/aromatic N) is 2. The molecule has 8 heteroatoms. The maximum absolute atomic E-state index is 10.1. The Balaban J connectivity index is 1.80. The van der Waals surface area contributed by atoms with Gasteiger partial charge in [-0.05, 0) is 40.4 Å². The van der Waals surface area contributed by atoms with E-state index in [0.717, 1.165) is 6.42 Å². The van der Waals surface area contributed by atoms with E-state index >= 15 is 0 Å². The van der Waals surface area contributed by atoms with Crippen molar-refractivity contribution in [1.29, 1.82) is 0 Å². The van der Waals surface area contributed by atoms with Crippen molar-refractivity contribution < 1.29 is 9.53 Å². The van der Waals surface area contributed by atoms with Gasteiger partial charge in [0.1, 0.15) is 11.0 Å². The van der Waals surface area contributed by atoms with Gasteiger partial charge in [-0.3, -0.25) is 0 Å². The molecule has 0 radical (unpaired) electrons. The van der Waals surface area contributed by atoms with Gasteiger partial charge in [0, 0.05) is 13.2 Å².